The SMILES string of the molecule is CCC(=O)CCCC1=Nc2ccccc2CN1c1ccccc1. The summed E-state index contributed by atoms with van der Waals surface area (Å²) >= 11 is 0. The second kappa shape index (κ2) is 7.23. The van der Waals surface area contributed by atoms with Gasteiger partial charge in [-0.05, 0) is 30.2 Å². The lowest BCUT2D eigenvalue weighted by molar-refractivity contribution is -0.118. The molecule has 1 aliphatic heterocycles. The van der Waals surface area contributed by atoms with Crippen LogP contribution in [0.1, 0.15) is 38.2 Å². The van der Waals surface area contributed by atoms with Crippen molar-refractivity contribution in [3.8, 4) is 0 Å². The van der Waals surface area contributed by atoms with Gasteiger partial charge in [0.1, 0.15) is 11.6 Å². The maximum absolute atomic E-state index is 11.5. The third-order valence-corrected chi connectivity index (χ3v) is 4.20. The van der Waals surface area contributed by atoms with Gasteiger partial charge in [-0.2, -0.15) is 0 Å². The summed E-state index contributed by atoms with van der Waals surface area (Å²) in [6.45, 7) is 2.76. The molecular weight excluding hydrogens is 284 g/mol. The highest BCUT2D eigenvalue weighted by Gasteiger charge is 2.20. The van der Waals surface area contributed by atoms with E-state index in [1.807, 2.05) is 31.2 Å². The lowest BCUT2D eigenvalue weighted by Gasteiger charge is -2.30. The van der Waals surface area contributed by atoms with Crippen molar-refractivity contribution in [1.29, 1.82) is 0 Å². The molecule has 0 bridgehead atoms. The number of hydrogen-bond acceptors (Lipinski definition) is 3. The standard InChI is InChI=1S/C20H22N2O/c1-2-18(23)12-8-14-20-21-19-13-7-6-9-16(19)15-22(20)17-10-4-3-5-11-17/h3-7,9-11,13H,2,8,12,14-15H2,1H3. The third kappa shape index (κ3) is 3.67. The lowest BCUT2D eigenvalue weighted by Crippen LogP contribution is -2.32. The second-order valence-electron chi connectivity index (χ2n) is 5.82. The number of para-hydroxylation sites is 2. The Morgan fingerprint density at radius 1 is 1.09 bits per heavy atom. The Kier molecular flexibility index (Phi) is 4.86. The number of fused-ring (bicyclic) bond motifs is 1. The Bertz CT molecular complexity index is 707. The van der Waals surface area contributed by atoms with Crippen LogP contribution < -0.4 is 4.90 Å². The van der Waals surface area contributed by atoms with E-state index < -0.39 is 0 Å². The third-order valence-electron chi connectivity index (χ3n) is 4.20. The van der Waals surface area contributed by atoms with Gasteiger partial charge in [-0.15, -0.1) is 0 Å². The van der Waals surface area contributed by atoms with Crippen molar-refractivity contribution in [2.24, 2.45) is 4.99 Å². The molecule has 0 spiro atoms. The number of anilines is 1. The van der Waals surface area contributed by atoms with Gasteiger partial charge in [-0.1, -0.05) is 43.3 Å². The van der Waals surface area contributed by atoms with Gasteiger partial charge in [-0.25, -0.2) is 4.99 Å². The van der Waals surface area contributed by atoms with Gasteiger partial charge < -0.3 is 4.90 Å². The molecule has 1 heterocycles. The van der Waals surface area contributed by atoms with Crippen molar-refractivity contribution >= 4 is 23.0 Å². The number of nitrogens with zero attached hydrogens (tertiary/aromatic N) is 2. The van der Waals surface area contributed by atoms with E-state index in [0.29, 0.717) is 18.6 Å². The molecule has 0 aliphatic carbocycles. The fraction of sp³-hybridized carbons (Fsp3) is 0.300. The van der Waals surface area contributed by atoms with Crippen LogP contribution in [0.25, 0.3) is 0 Å². The highest BCUT2D eigenvalue weighted by atomic mass is 16.1. The van der Waals surface area contributed by atoms with Crippen LogP contribution in [-0.4, -0.2) is 11.6 Å². The van der Waals surface area contributed by atoms with Crippen LogP contribution in [0.3, 0.4) is 0 Å². The quantitative estimate of drug-likeness (QED) is 0.761. The molecule has 0 aromatic heterocycles. The van der Waals surface area contributed by atoms with E-state index in [9.17, 15) is 4.79 Å². The Morgan fingerprint density at radius 3 is 2.61 bits per heavy atom. The molecular formula is C20H22N2O. The number of benzene rings is 2. The highest BCUT2D eigenvalue weighted by Crippen LogP contribution is 2.30. The Hall–Kier alpha value is -2.42. The molecule has 0 saturated carbocycles. The first kappa shape index (κ1) is 15.5. The summed E-state index contributed by atoms with van der Waals surface area (Å²) < 4.78 is 0. The van der Waals surface area contributed by atoms with Crippen LogP contribution in [0.15, 0.2) is 59.6 Å². The summed E-state index contributed by atoms with van der Waals surface area (Å²) in [7, 11) is 0. The molecule has 2 aromatic rings. The number of aliphatic imine (C=N–C) groups is 1. The van der Waals surface area contributed by atoms with Crippen LogP contribution in [-0.2, 0) is 11.3 Å². The van der Waals surface area contributed by atoms with Crippen molar-refractivity contribution in [3.05, 3.63) is 60.2 Å². The zero-order valence-electron chi connectivity index (χ0n) is 13.5. The molecule has 0 unspecified atom stereocenters. The zero-order valence-corrected chi connectivity index (χ0v) is 13.5. The number of carbonyl (C=O) groups excluding carboxylic acids is 1. The van der Waals surface area contributed by atoms with Gasteiger partial charge >= 0.3 is 0 Å². The lowest BCUT2D eigenvalue weighted by atomic mass is 10.1. The average molecular weight is 306 g/mol. The highest BCUT2D eigenvalue weighted by molar-refractivity contribution is 6.01. The van der Waals surface area contributed by atoms with Crippen LogP contribution in [0.4, 0.5) is 11.4 Å². The smallest absolute Gasteiger partial charge is 0.132 e. The molecule has 1 aliphatic rings. The van der Waals surface area contributed by atoms with E-state index in [0.717, 1.165) is 36.6 Å². The van der Waals surface area contributed by atoms with Gasteiger partial charge in [-0.3, -0.25) is 4.79 Å². The van der Waals surface area contributed by atoms with E-state index in [2.05, 4.69) is 35.2 Å². The minimum absolute atomic E-state index is 0.327. The molecule has 2 aromatic carbocycles. The first-order valence-corrected chi connectivity index (χ1v) is 8.27. The summed E-state index contributed by atoms with van der Waals surface area (Å²) in [5.74, 6) is 1.38. The molecule has 3 rings (SSSR count). The van der Waals surface area contributed by atoms with Crippen LogP contribution >= 0.6 is 0 Å². The number of ketones is 1. The maximum atomic E-state index is 11.5. The topological polar surface area (TPSA) is 32.7 Å². The number of hydrogen-bond donors (Lipinski definition) is 0. The molecule has 118 valence electrons. The second-order valence-corrected chi connectivity index (χ2v) is 5.82. The number of rotatable bonds is 6. The maximum Gasteiger partial charge on any atom is 0.132 e. The molecule has 0 saturated heterocycles. The van der Waals surface area contributed by atoms with Crippen molar-refractivity contribution in [2.75, 3.05) is 4.90 Å². The predicted octanol–water partition coefficient (Wildman–Crippen LogP) is 4.89. The minimum Gasteiger partial charge on any atom is -0.325 e. The van der Waals surface area contributed by atoms with Gasteiger partial charge in [0.05, 0.1) is 12.2 Å². The number of carbonyl (C=O) groups is 1. The largest absolute Gasteiger partial charge is 0.325 e. The monoisotopic (exact) mass is 306 g/mol. The normalized spacial score (nSPS) is 13.4. The fourth-order valence-electron chi connectivity index (χ4n) is 2.87. The van der Waals surface area contributed by atoms with Gasteiger partial charge in [0.2, 0.25) is 0 Å². The summed E-state index contributed by atoms with van der Waals surface area (Å²) in [6, 6.07) is 18.6. The van der Waals surface area contributed by atoms with Gasteiger partial charge in [0.15, 0.2) is 0 Å². The van der Waals surface area contributed by atoms with Crippen molar-refractivity contribution in [3.63, 3.8) is 0 Å². The summed E-state index contributed by atoms with van der Waals surface area (Å²) in [5, 5.41) is 0. The summed E-state index contributed by atoms with van der Waals surface area (Å²) in [5.41, 5.74) is 3.45. The van der Waals surface area contributed by atoms with Crippen LogP contribution in [0.2, 0.25) is 0 Å². The van der Waals surface area contributed by atoms with Gasteiger partial charge in [0, 0.05) is 24.9 Å². The number of Topliss-reactive ketones (excluding diaryl/α,β-unsaturated/α-hetero) is 1. The molecule has 0 fully saturated rings. The van der Waals surface area contributed by atoms with E-state index in [-0.39, 0.29) is 0 Å². The summed E-state index contributed by atoms with van der Waals surface area (Å²) in [4.78, 5) is 18.7. The van der Waals surface area contributed by atoms with Crippen LogP contribution in [0.5, 0.6) is 0 Å². The van der Waals surface area contributed by atoms with E-state index in [1.54, 1.807) is 0 Å². The Balaban J connectivity index is 1.84. The molecule has 0 N–H and O–H groups in total. The van der Waals surface area contributed by atoms with E-state index in [1.165, 1.54) is 5.56 Å². The Labute approximate surface area is 137 Å². The van der Waals surface area contributed by atoms with Crippen LogP contribution in [0, 0.1) is 0 Å². The number of amidine groups is 1. The van der Waals surface area contributed by atoms with E-state index in [4.69, 9.17) is 4.99 Å². The fourth-order valence-corrected chi connectivity index (χ4v) is 2.87. The van der Waals surface area contributed by atoms with Crippen molar-refractivity contribution in [2.45, 2.75) is 39.2 Å². The van der Waals surface area contributed by atoms with Gasteiger partial charge in [0.25, 0.3) is 0 Å². The van der Waals surface area contributed by atoms with E-state index >= 15 is 0 Å². The molecule has 23 heavy (non-hydrogen) atoms. The molecule has 0 radical (unpaired) electrons. The molecule has 3 heteroatoms. The molecule has 0 atom stereocenters. The molecule has 3 nitrogen and oxygen atoms in total. The summed E-state index contributed by atoms with van der Waals surface area (Å²) in [6.07, 6.45) is 2.95. The first-order chi connectivity index (χ1) is 11.3. The molecule has 0 amide bonds. The zero-order chi connectivity index (χ0) is 16.1. The van der Waals surface area contributed by atoms with Crippen molar-refractivity contribution in [1.82, 2.24) is 0 Å². The minimum atomic E-state index is 0.327. The average Bonchev–Trinajstić information content (AvgIpc) is 2.61. The van der Waals surface area contributed by atoms with Crippen molar-refractivity contribution < 1.29 is 4.79 Å². The predicted molar refractivity (Wildman–Crippen MR) is 95.3 cm³/mol. The first-order valence-electron chi connectivity index (χ1n) is 8.27. The Morgan fingerprint density at radius 2 is 1.83 bits per heavy atom.